The molecule has 1 aromatic heterocycles. The predicted octanol–water partition coefficient (Wildman–Crippen LogP) is -0.644. The van der Waals surface area contributed by atoms with Crippen LogP contribution in [0.2, 0.25) is 0 Å². The minimum atomic E-state index is -0.310. The fraction of sp³-hybridized carbons (Fsp3) is 0.700. The van der Waals surface area contributed by atoms with Crippen LogP contribution in [0.4, 0.5) is 0 Å². The Balaban J connectivity index is 0.000000465. The number of carbonyl (C=O) groups excluding carboxylic acids is 3. The Morgan fingerprint density at radius 2 is 1.84 bits per heavy atom. The first-order chi connectivity index (χ1) is 14.7. The van der Waals surface area contributed by atoms with Crippen molar-refractivity contribution in [1.82, 2.24) is 25.1 Å². The topological polar surface area (TPSA) is 124 Å². The Kier molecular flexibility index (Phi) is 14.9. The van der Waals surface area contributed by atoms with E-state index in [9.17, 15) is 14.4 Å². The Hall–Kier alpha value is -2.50. The van der Waals surface area contributed by atoms with Crippen molar-refractivity contribution >= 4 is 17.9 Å². The van der Waals surface area contributed by atoms with Gasteiger partial charge in [0, 0.05) is 25.4 Å². The quantitative estimate of drug-likeness (QED) is 0.415. The molecule has 2 unspecified atom stereocenters. The van der Waals surface area contributed by atoms with E-state index in [0.29, 0.717) is 6.42 Å². The molecule has 0 radical (unpaired) electrons. The monoisotopic (exact) mass is 443 g/mol. The van der Waals surface area contributed by atoms with E-state index in [1.54, 1.807) is 26.6 Å². The normalized spacial score (nSPS) is 16.2. The number of aromatic nitrogens is 2. The first-order valence-corrected chi connectivity index (χ1v) is 9.95. The molecule has 0 amide bonds. The van der Waals surface area contributed by atoms with Crippen LogP contribution in [0.5, 0.6) is 0 Å². The molecule has 0 aromatic carbocycles. The molecule has 1 aromatic rings. The molecule has 1 aliphatic heterocycles. The molecule has 2 N–H and O–H groups in total. The van der Waals surface area contributed by atoms with Crippen molar-refractivity contribution in [3.05, 3.63) is 18.2 Å². The number of aryl methyl sites for hydroxylation is 1. The zero-order chi connectivity index (χ0) is 23.8. The average molecular weight is 444 g/mol. The first kappa shape index (κ1) is 28.5. The van der Waals surface area contributed by atoms with Crippen LogP contribution < -0.4 is 10.6 Å². The van der Waals surface area contributed by atoms with E-state index in [2.05, 4.69) is 29.8 Å². The van der Waals surface area contributed by atoms with Gasteiger partial charge in [-0.15, -0.1) is 0 Å². The van der Waals surface area contributed by atoms with Gasteiger partial charge >= 0.3 is 17.9 Å². The van der Waals surface area contributed by atoms with Crippen molar-refractivity contribution in [2.45, 2.75) is 31.3 Å². The van der Waals surface area contributed by atoms with E-state index in [-0.39, 0.29) is 36.5 Å². The molecule has 0 spiro atoms. The number of nitrogens with one attached hydrogen (secondary N) is 2. The van der Waals surface area contributed by atoms with Crippen molar-refractivity contribution in [3.63, 3.8) is 0 Å². The van der Waals surface area contributed by atoms with Gasteiger partial charge < -0.3 is 29.4 Å². The molecule has 0 bridgehead atoms. The van der Waals surface area contributed by atoms with Crippen LogP contribution in [-0.2, 0) is 42.1 Å². The summed E-state index contributed by atoms with van der Waals surface area (Å²) in [6.45, 7) is 1.30. The van der Waals surface area contributed by atoms with Crippen LogP contribution in [0.1, 0.15) is 18.5 Å². The van der Waals surface area contributed by atoms with Gasteiger partial charge in [0.1, 0.15) is 12.1 Å². The molecule has 2 rings (SSSR count). The second kappa shape index (κ2) is 16.2. The van der Waals surface area contributed by atoms with Crippen LogP contribution in [-0.4, -0.2) is 100 Å². The maximum absolute atomic E-state index is 11.3. The van der Waals surface area contributed by atoms with Gasteiger partial charge in [-0.25, -0.2) is 4.98 Å². The number of ether oxygens (including phenoxy) is 3. The van der Waals surface area contributed by atoms with E-state index < -0.39 is 0 Å². The lowest BCUT2D eigenvalue weighted by molar-refractivity contribution is -0.145. The summed E-state index contributed by atoms with van der Waals surface area (Å²) in [4.78, 5) is 38.4. The summed E-state index contributed by atoms with van der Waals surface area (Å²) in [7, 11) is 11.5. The highest BCUT2D eigenvalue weighted by Crippen LogP contribution is 2.15. The Morgan fingerprint density at radius 3 is 2.19 bits per heavy atom. The predicted molar refractivity (Wildman–Crippen MR) is 115 cm³/mol. The van der Waals surface area contributed by atoms with Crippen molar-refractivity contribution in [2.24, 2.45) is 7.05 Å². The number of hydrogen-bond donors (Lipinski definition) is 2. The second-order valence-corrected chi connectivity index (χ2v) is 6.83. The summed E-state index contributed by atoms with van der Waals surface area (Å²) in [6, 6.07) is -0.291. The number of imidazole rings is 1. The number of likely N-dealkylation sites (tertiary alicyclic amines) is 1. The van der Waals surface area contributed by atoms with Gasteiger partial charge in [0.25, 0.3) is 0 Å². The number of esters is 3. The Bertz CT molecular complexity index is 666. The maximum atomic E-state index is 11.3. The van der Waals surface area contributed by atoms with Crippen LogP contribution in [0, 0.1) is 0 Å². The second-order valence-electron chi connectivity index (χ2n) is 6.83. The molecule has 1 saturated heterocycles. The smallest absolute Gasteiger partial charge is 0.323 e. The minimum Gasteiger partial charge on any atom is -0.468 e. The number of carbonyl (C=O) groups is 3. The molecule has 0 saturated carbocycles. The molecule has 31 heavy (non-hydrogen) atoms. The van der Waals surface area contributed by atoms with Gasteiger partial charge in [0.05, 0.1) is 34.2 Å². The maximum Gasteiger partial charge on any atom is 0.323 e. The lowest BCUT2D eigenvalue weighted by Crippen LogP contribution is -2.37. The third kappa shape index (κ3) is 10.9. The highest BCUT2D eigenvalue weighted by atomic mass is 16.5. The number of rotatable bonds is 7. The number of hydrogen-bond acceptors (Lipinski definition) is 10. The summed E-state index contributed by atoms with van der Waals surface area (Å²) in [5.41, 5.74) is 0.995. The summed E-state index contributed by atoms with van der Waals surface area (Å²) >= 11 is 0. The van der Waals surface area contributed by atoms with E-state index >= 15 is 0 Å². The molecule has 1 aliphatic rings. The van der Waals surface area contributed by atoms with Gasteiger partial charge in [-0.3, -0.25) is 19.3 Å². The van der Waals surface area contributed by atoms with Gasteiger partial charge in [0.2, 0.25) is 0 Å². The zero-order valence-electron chi connectivity index (χ0n) is 19.6. The van der Waals surface area contributed by atoms with E-state index in [4.69, 9.17) is 0 Å². The molecule has 178 valence electrons. The zero-order valence-corrected chi connectivity index (χ0v) is 19.6. The third-order valence-electron chi connectivity index (χ3n) is 4.71. The summed E-state index contributed by atoms with van der Waals surface area (Å²) in [6.07, 6.45) is 6.09. The highest BCUT2D eigenvalue weighted by Gasteiger charge is 2.28. The molecule has 11 heteroatoms. The van der Waals surface area contributed by atoms with Crippen molar-refractivity contribution < 1.29 is 28.6 Å². The number of nitrogens with zero attached hydrogens (tertiary/aromatic N) is 3. The largest absolute Gasteiger partial charge is 0.468 e. The number of methoxy groups -OCH3 is 3. The molecule has 0 aliphatic carbocycles. The van der Waals surface area contributed by atoms with Crippen LogP contribution in [0.15, 0.2) is 12.5 Å². The van der Waals surface area contributed by atoms with Crippen LogP contribution in [0.25, 0.3) is 0 Å². The van der Waals surface area contributed by atoms with E-state index in [1.165, 1.54) is 21.3 Å². The fourth-order valence-corrected chi connectivity index (χ4v) is 2.80. The van der Waals surface area contributed by atoms with Crippen LogP contribution in [0.3, 0.4) is 0 Å². The molecule has 2 heterocycles. The Morgan fingerprint density at radius 1 is 1.16 bits per heavy atom. The third-order valence-corrected chi connectivity index (χ3v) is 4.71. The van der Waals surface area contributed by atoms with Gasteiger partial charge in [-0.05, 0) is 40.5 Å². The van der Waals surface area contributed by atoms with Crippen molar-refractivity contribution in [1.29, 1.82) is 0 Å². The van der Waals surface area contributed by atoms with Gasteiger partial charge in [0.15, 0.2) is 0 Å². The highest BCUT2D eigenvalue weighted by molar-refractivity contribution is 5.76. The molecular formula is C20H37N5O6. The molecule has 1 fully saturated rings. The molecule has 2 atom stereocenters. The summed E-state index contributed by atoms with van der Waals surface area (Å²) in [5.74, 6) is -0.587. The average Bonchev–Trinajstić information content (AvgIpc) is 3.39. The Labute approximate surface area is 184 Å². The fourth-order valence-electron chi connectivity index (χ4n) is 2.80. The SMILES string of the molecule is CNC(Cc1cncn1C)C(=O)OC.CNCC(=O)OC.COC(=O)C1CCCN1C. The van der Waals surface area contributed by atoms with E-state index in [0.717, 1.165) is 25.1 Å². The van der Waals surface area contributed by atoms with Crippen molar-refractivity contribution in [2.75, 3.05) is 55.6 Å². The lowest BCUT2D eigenvalue weighted by Gasteiger charge is -2.15. The van der Waals surface area contributed by atoms with E-state index in [1.807, 2.05) is 23.6 Å². The van der Waals surface area contributed by atoms with Crippen LogP contribution >= 0.6 is 0 Å². The first-order valence-electron chi connectivity index (χ1n) is 9.95. The minimum absolute atomic E-state index is 0.0185. The summed E-state index contributed by atoms with van der Waals surface area (Å²) < 4.78 is 15.5. The standard InChI is InChI=1S/C9H15N3O2.C7H13NO2.C4H9NO2/c1-10-8(9(13)14-3)4-7-5-11-6-12(7)2;1-8-5-3-4-6(8)7(9)10-2;1-5-3-4(6)7-2/h5-6,8,10H,4H2,1-3H3;6H,3-5H2,1-2H3;5H,3H2,1-2H3. The van der Waals surface area contributed by atoms with Gasteiger partial charge in [-0.2, -0.15) is 0 Å². The number of likely N-dealkylation sites (N-methyl/N-ethyl adjacent to an activating group) is 3. The molecule has 11 nitrogen and oxygen atoms in total. The van der Waals surface area contributed by atoms with Crippen molar-refractivity contribution in [3.8, 4) is 0 Å². The van der Waals surface area contributed by atoms with Gasteiger partial charge in [-0.1, -0.05) is 0 Å². The molecular weight excluding hydrogens is 406 g/mol. The summed E-state index contributed by atoms with van der Waals surface area (Å²) in [5, 5.41) is 5.55. The lowest BCUT2D eigenvalue weighted by atomic mass is 10.1.